The number of aromatic nitrogens is 1. The van der Waals surface area contributed by atoms with E-state index in [0.29, 0.717) is 33.8 Å². The first-order valence-electron chi connectivity index (χ1n) is 17.2. The van der Waals surface area contributed by atoms with Crippen LogP contribution in [0.25, 0.3) is 22.4 Å². The van der Waals surface area contributed by atoms with Crippen molar-refractivity contribution < 1.29 is 58.9 Å². The van der Waals surface area contributed by atoms with Crippen LogP contribution in [0.3, 0.4) is 0 Å². The molecule has 0 radical (unpaired) electrons. The molecular weight excluding hydrogens is 691 g/mol. The fourth-order valence-electron chi connectivity index (χ4n) is 6.52. The fraction of sp³-hybridized carbons (Fsp3) is 0.359. The topological polar surface area (TPSA) is 208 Å². The highest BCUT2D eigenvalue weighted by Gasteiger charge is 2.48. The molecule has 0 saturated carbocycles. The van der Waals surface area contributed by atoms with E-state index in [1.807, 2.05) is 54.8 Å². The Morgan fingerprint density at radius 3 is 2.08 bits per heavy atom. The molecule has 1 fully saturated rings. The highest BCUT2D eigenvalue weighted by Crippen LogP contribution is 2.42. The Balaban J connectivity index is 1.41. The Morgan fingerprint density at radius 2 is 1.47 bits per heavy atom. The Morgan fingerprint density at radius 1 is 0.849 bits per heavy atom. The lowest BCUT2D eigenvalue weighted by atomic mass is 9.94. The van der Waals surface area contributed by atoms with E-state index < -0.39 is 67.1 Å². The molecule has 1 saturated heterocycles. The van der Waals surface area contributed by atoms with Gasteiger partial charge in [-0.2, -0.15) is 0 Å². The van der Waals surface area contributed by atoms with E-state index in [1.165, 1.54) is 12.1 Å². The number of halogens is 1. The molecule has 1 aromatic heterocycles. The van der Waals surface area contributed by atoms with Crippen LogP contribution in [0.15, 0.2) is 84.9 Å². The Bertz CT molecular complexity index is 1870. The number of carbonyl (C=O) groups is 3. The smallest absolute Gasteiger partial charge is 0.335 e. The highest BCUT2D eigenvalue weighted by molar-refractivity contribution is 6.12. The average Bonchev–Trinajstić information content (AvgIpc) is 3.47. The van der Waals surface area contributed by atoms with Gasteiger partial charge in [-0.05, 0) is 66.3 Å². The van der Waals surface area contributed by atoms with E-state index in [9.17, 15) is 49.4 Å². The molecule has 0 unspecified atom stereocenters. The molecule has 4 aromatic rings. The summed E-state index contributed by atoms with van der Waals surface area (Å²) >= 11 is 0. The number of hydrogen-bond donors (Lipinski definition) is 7. The number of para-hydroxylation sites is 1. The molecule has 3 aromatic carbocycles. The van der Waals surface area contributed by atoms with Crippen LogP contribution < -0.4 is 5.32 Å². The molecule has 7 N–H and O–H groups in total. The number of aliphatic carboxylic acids is 1. The van der Waals surface area contributed by atoms with E-state index >= 15 is 0 Å². The van der Waals surface area contributed by atoms with Crippen molar-refractivity contribution in [3.05, 3.63) is 102 Å². The normalized spacial score (nSPS) is 21.2. The third kappa shape index (κ3) is 9.16. The number of carbonyl (C=O) groups excluding carboxylic acids is 2. The number of carboxylic acid groups (broad SMARTS) is 1. The lowest BCUT2D eigenvalue weighted by Gasteiger charge is -2.38. The molecule has 7 atom stereocenters. The number of aliphatic hydroxyl groups excluding tert-OH is 5. The minimum absolute atomic E-state index is 0.0531. The van der Waals surface area contributed by atoms with Crippen molar-refractivity contribution in [3.63, 3.8) is 0 Å². The molecule has 0 spiro atoms. The average molecular weight is 735 g/mol. The van der Waals surface area contributed by atoms with Crippen molar-refractivity contribution >= 4 is 23.5 Å². The zero-order valence-corrected chi connectivity index (χ0v) is 29.1. The van der Waals surface area contributed by atoms with E-state index in [1.54, 1.807) is 36.4 Å². The summed E-state index contributed by atoms with van der Waals surface area (Å²) < 4.78 is 26.0. The summed E-state index contributed by atoms with van der Waals surface area (Å²) in [5.74, 6) is -3.78. The van der Waals surface area contributed by atoms with Crippen LogP contribution in [-0.2, 0) is 25.6 Å². The van der Waals surface area contributed by atoms with Crippen LogP contribution in [0.1, 0.15) is 55.1 Å². The molecule has 1 aliphatic rings. The summed E-state index contributed by atoms with van der Waals surface area (Å²) in [5.41, 5.74) is 4.24. The first-order chi connectivity index (χ1) is 25.3. The predicted molar refractivity (Wildman–Crippen MR) is 190 cm³/mol. The monoisotopic (exact) mass is 734 g/mol. The minimum Gasteiger partial charge on any atom is -0.479 e. The summed E-state index contributed by atoms with van der Waals surface area (Å²) in [6.45, 7) is 4.02. The van der Waals surface area contributed by atoms with Gasteiger partial charge in [-0.3, -0.25) is 9.59 Å². The Hall–Kier alpha value is -4.96. The van der Waals surface area contributed by atoms with Gasteiger partial charge in [-0.1, -0.05) is 62.4 Å². The second kappa shape index (κ2) is 17.2. The first-order valence-corrected chi connectivity index (χ1v) is 17.2. The quantitative estimate of drug-likeness (QED) is 0.0931. The molecule has 1 aliphatic heterocycles. The van der Waals surface area contributed by atoms with E-state index in [4.69, 9.17) is 9.47 Å². The molecule has 0 bridgehead atoms. The van der Waals surface area contributed by atoms with Gasteiger partial charge in [0.2, 0.25) is 6.29 Å². The molecule has 2 heterocycles. The summed E-state index contributed by atoms with van der Waals surface area (Å²) in [5, 5.41) is 64.0. The number of carboxylic acids is 1. The number of benzene rings is 3. The van der Waals surface area contributed by atoms with Gasteiger partial charge in [0.25, 0.3) is 5.91 Å². The molecule has 53 heavy (non-hydrogen) atoms. The second-order valence-electron chi connectivity index (χ2n) is 13.2. The van der Waals surface area contributed by atoms with Crippen molar-refractivity contribution in [1.82, 2.24) is 4.57 Å². The third-order valence-electron chi connectivity index (χ3n) is 8.98. The predicted octanol–water partition coefficient (Wildman–Crippen LogP) is 3.66. The van der Waals surface area contributed by atoms with Crippen molar-refractivity contribution in [1.29, 1.82) is 0 Å². The summed E-state index contributed by atoms with van der Waals surface area (Å²) in [6.07, 6.45) is -13.4. The van der Waals surface area contributed by atoms with Crippen molar-refractivity contribution in [3.8, 4) is 22.4 Å². The molecule has 1 amide bonds. The summed E-state index contributed by atoms with van der Waals surface area (Å²) in [4.78, 5) is 38.2. The lowest BCUT2D eigenvalue weighted by Crippen LogP contribution is -2.60. The van der Waals surface area contributed by atoms with E-state index in [0.717, 1.165) is 5.56 Å². The highest BCUT2D eigenvalue weighted by atomic mass is 19.1. The molecule has 14 heteroatoms. The molecular formula is C39H43FN2O11. The van der Waals surface area contributed by atoms with Gasteiger partial charge in [0, 0.05) is 23.5 Å². The number of rotatable bonds is 14. The van der Waals surface area contributed by atoms with Gasteiger partial charge in [0.1, 0.15) is 24.1 Å². The lowest BCUT2D eigenvalue weighted by molar-refractivity contribution is -0.286. The number of aliphatic hydroxyl groups is 5. The zero-order chi connectivity index (χ0) is 38.4. The standard InChI is InChI=1S/C39H43FN2O11/c1-21(2)31-30(37(49)41-25-11-7-4-8-12-25)29(22-9-5-3-6-10-22)32(23-13-15-24(40)16-14-23)42(31)18-17-26(43)19-27(44)20-28(45)52-39-35(48)33(46)34(47)36(53-39)38(50)51/h3-16,21,26-27,33-36,39,43-44,46-48H,17-20H2,1-2H3,(H,41,49)(H,50,51)/t26-,27-,33+,34+,35-,36+,39-/m1/s1. The number of nitrogens with one attached hydrogen (secondary N) is 1. The van der Waals surface area contributed by atoms with Gasteiger partial charge in [-0.15, -0.1) is 0 Å². The van der Waals surface area contributed by atoms with E-state index in [2.05, 4.69) is 5.32 Å². The van der Waals surface area contributed by atoms with Gasteiger partial charge >= 0.3 is 11.9 Å². The number of nitrogens with zero attached hydrogens (tertiary/aromatic N) is 1. The number of anilines is 1. The number of hydrogen-bond acceptors (Lipinski definition) is 10. The maximum Gasteiger partial charge on any atom is 0.335 e. The Labute approximate surface area is 304 Å². The van der Waals surface area contributed by atoms with Crippen molar-refractivity contribution in [2.45, 2.75) is 88.5 Å². The van der Waals surface area contributed by atoms with Crippen LogP contribution in [-0.4, -0.2) is 96.0 Å². The maximum absolute atomic E-state index is 14.2. The van der Waals surface area contributed by atoms with Crippen LogP contribution in [0.4, 0.5) is 10.1 Å². The van der Waals surface area contributed by atoms with Gasteiger partial charge in [0.15, 0.2) is 6.10 Å². The molecule has 282 valence electrons. The molecule has 5 rings (SSSR count). The summed E-state index contributed by atoms with van der Waals surface area (Å²) in [6, 6.07) is 24.2. The van der Waals surface area contributed by atoms with Crippen molar-refractivity contribution in [2.75, 3.05) is 5.32 Å². The van der Waals surface area contributed by atoms with Crippen LogP contribution >= 0.6 is 0 Å². The van der Waals surface area contributed by atoms with Crippen molar-refractivity contribution in [2.24, 2.45) is 0 Å². The van der Waals surface area contributed by atoms with Gasteiger partial charge < -0.3 is 50.0 Å². The number of amides is 1. The van der Waals surface area contributed by atoms with E-state index in [-0.39, 0.29) is 31.2 Å². The second-order valence-corrected chi connectivity index (χ2v) is 13.2. The summed E-state index contributed by atoms with van der Waals surface area (Å²) in [7, 11) is 0. The van der Waals surface area contributed by atoms with Gasteiger partial charge in [0.05, 0.1) is 29.9 Å². The van der Waals surface area contributed by atoms with Crippen LogP contribution in [0, 0.1) is 5.82 Å². The maximum atomic E-state index is 14.2. The van der Waals surface area contributed by atoms with Gasteiger partial charge in [-0.25, -0.2) is 9.18 Å². The molecule has 0 aliphatic carbocycles. The SMILES string of the molecule is CC(C)c1c(C(=O)Nc2ccccc2)c(-c2ccccc2)c(-c2ccc(F)cc2)n1CC[C@@H](O)C[C@@H](O)CC(=O)O[C@@H]1O[C@H](C(=O)O)[C@@H](O)[C@H](O)[C@H]1O. The largest absolute Gasteiger partial charge is 0.479 e. The third-order valence-corrected chi connectivity index (χ3v) is 8.98. The van der Waals surface area contributed by atoms with Crippen LogP contribution in [0.5, 0.6) is 0 Å². The Kier molecular flexibility index (Phi) is 12.8. The minimum atomic E-state index is -1.98. The fourth-order valence-corrected chi connectivity index (χ4v) is 6.52. The first kappa shape index (κ1) is 39.3. The number of esters is 1. The van der Waals surface area contributed by atoms with Crippen LogP contribution in [0.2, 0.25) is 0 Å². The molecule has 13 nitrogen and oxygen atoms in total. The number of ether oxygens (including phenoxy) is 2. The zero-order valence-electron chi connectivity index (χ0n) is 29.1.